The van der Waals surface area contributed by atoms with Crippen LogP contribution in [0.15, 0.2) is 161 Å². The maximum Gasteiger partial charge on any atom is 0.245 e. The fourth-order valence-corrected chi connectivity index (χ4v) is 7.83. The largest absolute Gasteiger partial charge is 0.308 e. The van der Waals surface area contributed by atoms with E-state index < -0.39 is 0 Å². The minimum Gasteiger partial charge on any atom is -0.308 e. The lowest BCUT2D eigenvalue weighted by molar-refractivity contribution is 1.17. The van der Waals surface area contributed by atoms with E-state index in [1.807, 2.05) is 11.8 Å². The average molecular weight is 565 g/mol. The van der Waals surface area contributed by atoms with Gasteiger partial charge in [-0.15, -0.1) is 0 Å². The molecule has 0 aliphatic carbocycles. The number of hydrogen-bond donors (Lipinski definition) is 0. The molecule has 3 heterocycles. The van der Waals surface area contributed by atoms with Crippen LogP contribution in [0.2, 0.25) is 0 Å². The van der Waals surface area contributed by atoms with Crippen molar-refractivity contribution in [3.8, 4) is 22.4 Å². The fourth-order valence-electron chi connectivity index (χ4n) is 6.77. The summed E-state index contributed by atoms with van der Waals surface area (Å²) in [5.41, 5.74) is 13.2. The molecule has 0 N–H and O–H groups in total. The van der Waals surface area contributed by atoms with Crippen molar-refractivity contribution in [3.63, 3.8) is 0 Å². The molecule has 0 amide bonds. The quantitative estimate of drug-likeness (QED) is 0.201. The maximum absolute atomic E-state index is 5.21. The van der Waals surface area contributed by atoms with E-state index in [1.165, 1.54) is 59.6 Å². The first-order chi connectivity index (χ1) is 21.3. The Labute approximate surface area is 255 Å². The molecule has 1 aromatic heterocycles. The van der Waals surface area contributed by atoms with Gasteiger partial charge in [0.05, 0.1) is 22.6 Å². The van der Waals surface area contributed by atoms with E-state index in [9.17, 15) is 0 Å². The first kappa shape index (κ1) is 24.5. The van der Waals surface area contributed by atoms with Crippen LogP contribution in [0.5, 0.6) is 0 Å². The van der Waals surface area contributed by atoms with E-state index in [-0.39, 0.29) is 6.71 Å². The molecular weight excluding hydrogens is 539 g/mol. The highest BCUT2D eigenvalue weighted by atomic mass is 32.2. The summed E-state index contributed by atoms with van der Waals surface area (Å²) in [6.45, 7) is 0.0790. The van der Waals surface area contributed by atoms with Crippen molar-refractivity contribution in [2.45, 2.75) is 9.79 Å². The lowest BCUT2D eigenvalue weighted by Crippen LogP contribution is -2.49. The first-order valence-electron chi connectivity index (χ1n) is 14.7. The zero-order valence-electron chi connectivity index (χ0n) is 23.3. The van der Waals surface area contributed by atoms with Crippen LogP contribution in [0.4, 0.5) is 17.1 Å². The molecule has 2 aliphatic heterocycles. The second-order valence-electron chi connectivity index (χ2n) is 11.2. The molecular formula is C39H25BN2S. The second-order valence-corrected chi connectivity index (χ2v) is 12.3. The maximum atomic E-state index is 5.21. The summed E-state index contributed by atoms with van der Waals surface area (Å²) in [4.78, 5) is 10.2. The van der Waals surface area contributed by atoms with Crippen LogP contribution in [-0.2, 0) is 0 Å². The van der Waals surface area contributed by atoms with Crippen LogP contribution < -0.4 is 21.3 Å². The molecule has 2 aliphatic rings. The highest BCUT2D eigenvalue weighted by Gasteiger charge is 2.36. The van der Waals surface area contributed by atoms with Crippen LogP contribution in [0.25, 0.3) is 33.3 Å². The lowest BCUT2D eigenvalue weighted by Gasteiger charge is -2.33. The molecule has 0 saturated heterocycles. The third-order valence-corrected chi connectivity index (χ3v) is 9.79. The Kier molecular flexibility index (Phi) is 5.57. The van der Waals surface area contributed by atoms with Crippen molar-refractivity contribution in [2.24, 2.45) is 0 Å². The molecule has 7 aromatic rings. The lowest BCUT2D eigenvalue weighted by atomic mass is 9.39. The summed E-state index contributed by atoms with van der Waals surface area (Å²) < 4.78 is 0. The molecule has 200 valence electrons. The van der Waals surface area contributed by atoms with Gasteiger partial charge in [-0.25, -0.2) is 4.98 Å². The zero-order chi connectivity index (χ0) is 28.3. The van der Waals surface area contributed by atoms with Crippen LogP contribution in [0, 0.1) is 0 Å². The molecule has 2 nitrogen and oxygen atoms in total. The van der Waals surface area contributed by atoms with Crippen LogP contribution in [0.1, 0.15) is 0 Å². The molecule has 0 fully saturated rings. The van der Waals surface area contributed by atoms with Crippen molar-refractivity contribution in [2.75, 3.05) is 4.90 Å². The summed E-state index contributed by atoms with van der Waals surface area (Å²) in [6.07, 6.45) is 0. The van der Waals surface area contributed by atoms with Crippen molar-refractivity contribution < 1.29 is 0 Å². The number of anilines is 3. The number of hydrogen-bond acceptors (Lipinski definition) is 3. The van der Waals surface area contributed by atoms with Gasteiger partial charge in [0, 0.05) is 15.5 Å². The predicted molar refractivity (Wildman–Crippen MR) is 183 cm³/mol. The van der Waals surface area contributed by atoms with E-state index in [0.29, 0.717) is 0 Å². The van der Waals surface area contributed by atoms with Crippen LogP contribution in [0.3, 0.4) is 0 Å². The topological polar surface area (TPSA) is 16.1 Å². The molecule has 0 saturated carbocycles. The minimum absolute atomic E-state index is 0.0790. The first-order valence-corrected chi connectivity index (χ1v) is 15.5. The van der Waals surface area contributed by atoms with Gasteiger partial charge >= 0.3 is 0 Å². The number of nitrogens with zero attached hydrogens (tertiary/aromatic N) is 2. The van der Waals surface area contributed by atoms with Gasteiger partial charge in [0.15, 0.2) is 0 Å². The number of pyridine rings is 1. The Balaban J connectivity index is 1.32. The molecule has 0 radical (unpaired) electrons. The predicted octanol–water partition coefficient (Wildman–Crippen LogP) is 8.33. The van der Waals surface area contributed by atoms with Crippen molar-refractivity contribution in [1.29, 1.82) is 0 Å². The van der Waals surface area contributed by atoms with Gasteiger partial charge in [-0.05, 0) is 70.0 Å². The molecule has 4 heteroatoms. The van der Waals surface area contributed by atoms with Gasteiger partial charge in [0.25, 0.3) is 0 Å². The number of rotatable bonds is 3. The zero-order valence-corrected chi connectivity index (χ0v) is 24.1. The van der Waals surface area contributed by atoms with Gasteiger partial charge in [0.2, 0.25) is 6.71 Å². The summed E-state index contributed by atoms with van der Waals surface area (Å²) in [6, 6.07) is 55.0. The molecule has 0 unspecified atom stereocenters. The molecule has 9 rings (SSSR count). The number of fused-ring (bicyclic) bond motifs is 6. The van der Waals surface area contributed by atoms with Gasteiger partial charge < -0.3 is 4.90 Å². The highest BCUT2D eigenvalue weighted by Crippen LogP contribution is 2.51. The average Bonchev–Trinajstić information content (AvgIpc) is 3.39. The SMILES string of the molecule is c1ccc(-c2cc(B3c4ccccc4-c4nc5ccccc5cc43)cc(N3c4ccccc4Sc4ccccc43)c2)cc1. The van der Waals surface area contributed by atoms with Gasteiger partial charge in [-0.1, -0.05) is 132 Å². The van der Waals surface area contributed by atoms with E-state index in [4.69, 9.17) is 4.98 Å². The van der Waals surface area contributed by atoms with Crippen molar-refractivity contribution >= 4 is 62.8 Å². The molecule has 0 atom stereocenters. The standard InChI is InChI=1S/C39H25BN2S/c1-2-12-26(13-3-1)28-22-29(25-30(23-28)42-35-18-8-10-20-37(35)43-38-21-11-9-19-36(38)42)40-32-16-6-5-15-31(32)39-33(40)24-27-14-4-7-17-34(27)41-39/h1-25H. The van der Waals surface area contributed by atoms with E-state index in [1.54, 1.807) is 0 Å². The molecule has 0 spiro atoms. The van der Waals surface area contributed by atoms with Crippen LogP contribution in [-0.4, -0.2) is 11.7 Å². The van der Waals surface area contributed by atoms with Crippen LogP contribution >= 0.6 is 11.8 Å². The van der Waals surface area contributed by atoms with E-state index in [0.717, 1.165) is 16.9 Å². The number of benzene rings is 6. The summed E-state index contributed by atoms with van der Waals surface area (Å²) in [5, 5.41) is 1.18. The minimum atomic E-state index is 0.0790. The van der Waals surface area contributed by atoms with Crippen molar-refractivity contribution in [1.82, 2.24) is 4.98 Å². The summed E-state index contributed by atoms with van der Waals surface area (Å²) in [7, 11) is 0. The highest BCUT2D eigenvalue weighted by molar-refractivity contribution is 7.99. The third kappa shape index (κ3) is 3.94. The Morgan fingerprint density at radius 1 is 0.535 bits per heavy atom. The monoisotopic (exact) mass is 564 g/mol. The fraction of sp³-hybridized carbons (Fsp3) is 0. The second kappa shape index (κ2) is 9.76. The molecule has 6 aromatic carbocycles. The normalized spacial score (nSPS) is 12.9. The molecule has 43 heavy (non-hydrogen) atoms. The smallest absolute Gasteiger partial charge is 0.245 e. The van der Waals surface area contributed by atoms with Crippen molar-refractivity contribution in [3.05, 3.63) is 152 Å². The Morgan fingerprint density at radius 2 is 1.21 bits per heavy atom. The Hall–Kier alpha value is -5.06. The summed E-state index contributed by atoms with van der Waals surface area (Å²) >= 11 is 1.84. The number of para-hydroxylation sites is 3. The Morgan fingerprint density at radius 3 is 2.02 bits per heavy atom. The van der Waals surface area contributed by atoms with Gasteiger partial charge in [-0.3, -0.25) is 0 Å². The third-order valence-electron chi connectivity index (χ3n) is 8.66. The van der Waals surface area contributed by atoms with Gasteiger partial charge in [-0.2, -0.15) is 0 Å². The Bertz CT molecular complexity index is 2150. The van der Waals surface area contributed by atoms with E-state index in [2.05, 4.69) is 157 Å². The summed E-state index contributed by atoms with van der Waals surface area (Å²) in [5.74, 6) is 0. The molecule has 0 bridgehead atoms. The number of aromatic nitrogens is 1. The van der Waals surface area contributed by atoms with Gasteiger partial charge in [0.1, 0.15) is 0 Å². The van der Waals surface area contributed by atoms with E-state index >= 15 is 0 Å².